The van der Waals surface area contributed by atoms with E-state index in [1.54, 1.807) is 18.2 Å². The van der Waals surface area contributed by atoms with Gasteiger partial charge in [-0.25, -0.2) is 4.79 Å². The zero-order valence-electron chi connectivity index (χ0n) is 14.2. The minimum atomic E-state index is -0.354. The molecule has 3 rings (SSSR count). The number of para-hydroxylation sites is 2. The number of anilines is 2. The molecule has 0 saturated carbocycles. The molecule has 0 radical (unpaired) electrons. The Balaban J connectivity index is 1.65. The summed E-state index contributed by atoms with van der Waals surface area (Å²) in [6.45, 7) is 0.0270. The summed E-state index contributed by atoms with van der Waals surface area (Å²) in [5.41, 5.74) is 2.18. The Morgan fingerprint density at radius 3 is 2.38 bits per heavy atom. The lowest BCUT2D eigenvalue weighted by molar-refractivity contribution is 0.262. The molecular weight excluding hydrogens is 328 g/mol. The highest BCUT2D eigenvalue weighted by Gasteiger charge is 2.07. The first-order valence-electron chi connectivity index (χ1n) is 8.34. The SMILES string of the molecule is O=C(Nc1cccc(Oc2ccccc2)c1)Nc1ccccc1CCO. The van der Waals surface area contributed by atoms with Crippen LogP contribution in [0.3, 0.4) is 0 Å². The predicted octanol–water partition coefficient (Wildman–Crippen LogP) is 4.66. The van der Waals surface area contributed by atoms with E-state index in [0.29, 0.717) is 23.5 Å². The third kappa shape index (κ3) is 4.84. The third-order valence-electron chi connectivity index (χ3n) is 3.72. The van der Waals surface area contributed by atoms with Gasteiger partial charge in [-0.15, -0.1) is 0 Å². The Kier molecular flexibility index (Phi) is 5.85. The Morgan fingerprint density at radius 2 is 1.58 bits per heavy atom. The molecular formula is C21H20N2O3. The van der Waals surface area contributed by atoms with Gasteiger partial charge in [0.2, 0.25) is 0 Å². The van der Waals surface area contributed by atoms with E-state index < -0.39 is 0 Å². The predicted molar refractivity (Wildman–Crippen MR) is 103 cm³/mol. The molecule has 26 heavy (non-hydrogen) atoms. The van der Waals surface area contributed by atoms with E-state index in [4.69, 9.17) is 9.84 Å². The molecule has 0 saturated heterocycles. The molecule has 3 N–H and O–H groups in total. The maximum atomic E-state index is 12.3. The summed E-state index contributed by atoms with van der Waals surface area (Å²) in [6.07, 6.45) is 0.483. The van der Waals surface area contributed by atoms with E-state index in [9.17, 15) is 4.79 Å². The summed E-state index contributed by atoms with van der Waals surface area (Å²) in [6, 6.07) is 23.7. The van der Waals surface area contributed by atoms with E-state index in [2.05, 4.69) is 10.6 Å². The van der Waals surface area contributed by atoms with Crippen LogP contribution < -0.4 is 15.4 Å². The molecule has 0 spiro atoms. The summed E-state index contributed by atoms with van der Waals surface area (Å²) in [7, 11) is 0. The number of carbonyl (C=O) groups excluding carboxylic acids is 1. The van der Waals surface area contributed by atoms with E-state index in [1.165, 1.54) is 0 Å². The number of nitrogens with one attached hydrogen (secondary N) is 2. The van der Waals surface area contributed by atoms with Crippen molar-refractivity contribution in [3.05, 3.63) is 84.4 Å². The fourth-order valence-corrected chi connectivity index (χ4v) is 2.53. The second-order valence-electron chi connectivity index (χ2n) is 5.65. The van der Waals surface area contributed by atoms with Crippen molar-refractivity contribution in [1.29, 1.82) is 0 Å². The molecule has 3 aromatic carbocycles. The van der Waals surface area contributed by atoms with Crippen LogP contribution in [0.25, 0.3) is 0 Å². The van der Waals surface area contributed by atoms with Crippen molar-refractivity contribution in [2.45, 2.75) is 6.42 Å². The van der Waals surface area contributed by atoms with Crippen LogP contribution in [0.5, 0.6) is 11.5 Å². The third-order valence-corrected chi connectivity index (χ3v) is 3.72. The van der Waals surface area contributed by atoms with E-state index >= 15 is 0 Å². The van der Waals surface area contributed by atoms with Gasteiger partial charge < -0.3 is 20.5 Å². The highest BCUT2D eigenvalue weighted by molar-refractivity contribution is 6.00. The summed E-state index contributed by atoms with van der Waals surface area (Å²) in [4.78, 5) is 12.3. The van der Waals surface area contributed by atoms with Gasteiger partial charge >= 0.3 is 6.03 Å². The van der Waals surface area contributed by atoms with Gasteiger partial charge in [0.1, 0.15) is 11.5 Å². The second kappa shape index (κ2) is 8.69. The first-order valence-corrected chi connectivity index (χ1v) is 8.34. The lowest BCUT2D eigenvalue weighted by atomic mass is 10.1. The van der Waals surface area contributed by atoms with Gasteiger partial charge in [0, 0.05) is 24.0 Å². The normalized spacial score (nSPS) is 10.2. The van der Waals surface area contributed by atoms with Crippen molar-refractivity contribution in [2.24, 2.45) is 0 Å². The van der Waals surface area contributed by atoms with Gasteiger partial charge in [0.15, 0.2) is 0 Å². The number of hydrogen-bond acceptors (Lipinski definition) is 3. The first-order chi connectivity index (χ1) is 12.7. The molecule has 132 valence electrons. The fourth-order valence-electron chi connectivity index (χ4n) is 2.53. The quantitative estimate of drug-likeness (QED) is 0.607. The molecule has 0 aliphatic heterocycles. The number of ether oxygens (including phenoxy) is 1. The van der Waals surface area contributed by atoms with Gasteiger partial charge in [0.05, 0.1) is 0 Å². The minimum Gasteiger partial charge on any atom is -0.457 e. The lowest BCUT2D eigenvalue weighted by Gasteiger charge is -2.12. The summed E-state index contributed by atoms with van der Waals surface area (Å²) >= 11 is 0. The van der Waals surface area contributed by atoms with Gasteiger partial charge in [-0.1, -0.05) is 42.5 Å². The molecule has 2 amide bonds. The van der Waals surface area contributed by atoms with Crippen molar-refractivity contribution in [3.63, 3.8) is 0 Å². The molecule has 5 nitrogen and oxygen atoms in total. The largest absolute Gasteiger partial charge is 0.457 e. The molecule has 3 aromatic rings. The number of benzene rings is 3. The standard InChI is InChI=1S/C21H20N2O3/c24-14-13-16-7-4-5-12-20(16)23-21(25)22-17-8-6-11-19(15-17)26-18-9-2-1-3-10-18/h1-12,15,24H,13-14H2,(H2,22,23,25). The topological polar surface area (TPSA) is 70.6 Å². The monoisotopic (exact) mass is 348 g/mol. The molecule has 0 atom stereocenters. The lowest BCUT2D eigenvalue weighted by Crippen LogP contribution is -2.20. The summed E-state index contributed by atoms with van der Waals surface area (Å²) in [5, 5.41) is 14.7. The van der Waals surface area contributed by atoms with Gasteiger partial charge in [0.25, 0.3) is 0 Å². The molecule has 5 heteroatoms. The van der Waals surface area contributed by atoms with Crippen LogP contribution >= 0.6 is 0 Å². The van der Waals surface area contributed by atoms with E-state index in [1.807, 2.05) is 60.7 Å². The van der Waals surface area contributed by atoms with Crippen molar-refractivity contribution in [2.75, 3.05) is 17.2 Å². The number of carbonyl (C=O) groups is 1. The van der Waals surface area contributed by atoms with Crippen molar-refractivity contribution >= 4 is 17.4 Å². The number of hydrogen-bond donors (Lipinski definition) is 3. The highest BCUT2D eigenvalue weighted by atomic mass is 16.5. The Morgan fingerprint density at radius 1 is 0.846 bits per heavy atom. The van der Waals surface area contributed by atoms with Crippen LogP contribution in [-0.4, -0.2) is 17.7 Å². The second-order valence-corrected chi connectivity index (χ2v) is 5.65. The van der Waals surface area contributed by atoms with Crippen LogP contribution in [0, 0.1) is 0 Å². The summed E-state index contributed by atoms with van der Waals surface area (Å²) in [5.74, 6) is 1.36. The average Bonchev–Trinajstić information content (AvgIpc) is 2.65. The van der Waals surface area contributed by atoms with Crippen LogP contribution in [0.4, 0.5) is 16.2 Å². The van der Waals surface area contributed by atoms with Crippen LogP contribution in [0.2, 0.25) is 0 Å². The Bertz CT molecular complexity index is 866. The van der Waals surface area contributed by atoms with Crippen molar-refractivity contribution in [3.8, 4) is 11.5 Å². The molecule has 0 aliphatic rings. The number of urea groups is 1. The Labute approximate surface area is 152 Å². The molecule has 0 aliphatic carbocycles. The zero-order valence-corrected chi connectivity index (χ0v) is 14.2. The fraction of sp³-hybridized carbons (Fsp3) is 0.0952. The highest BCUT2D eigenvalue weighted by Crippen LogP contribution is 2.24. The number of aliphatic hydroxyl groups is 1. The van der Waals surface area contributed by atoms with Gasteiger partial charge in [-0.2, -0.15) is 0 Å². The zero-order chi connectivity index (χ0) is 18.2. The van der Waals surface area contributed by atoms with Crippen LogP contribution in [0.1, 0.15) is 5.56 Å². The maximum Gasteiger partial charge on any atom is 0.323 e. The molecule has 0 unspecified atom stereocenters. The minimum absolute atomic E-state index is 0.0270. The maximum absolute atomic E-state index is 12.3. The summed E-state index contributed by atoms with van der Waals surface area (Å²) < 4.78 is 5.77. The van der Waals surface area contributed by atoms with Crippen LogP contribution in [-0.2, 0) is 6.42 Å². The van der Waals surface area contributed by atoms with Crippen molar-refractivity contribution < 1.29 is 14.6 Å². The van der Waals surface area contributed by atoms with Crippen molar-refractivity contribution in [1.82, 2.24) is 0 Å². The molecule has 0 bridgehead atoms. The van der Waals surface area contributed by atoms with E-state index in [-0.39, 0.29) is 12.6 Å². The number of aliphatic hydroxyl groups excluding tert-OH is 1. The number of rotatable bonds is 6. The molecule has 0 heterocycles. The van der Waals surface area contributed by atoms with Gasteiger partial charge in [-0.3, -0.25) is 0 Å². The smallest absolute Gasteiger partial charge is 0.323 e. The van der Waals surface area contributed by atoms with E-state index in [0.717, 1.165) is 11.3 Å². The van der Waals surface area contributed by atoms with Crippen LogP contribution in [0.15, 0.2) is 78.9 Å². The van der Waals surface area contributed by atoms with Gasteiger partial charge in [-0.05, 0) is 42.3 Å². The Hall–Kier alpha value is -3.31. The average molecular weight is 348 g/mol. The number of amides is 2. The molecule has 0 fully saturated rings. The first kappa shape index (κ1) is 17.5. The molecule has 0 aromatic heterocycles.